The summed E-state index contributed by atoms with van der Waals surface area (Å²) in [7, 11) is 0. The maximum absolute atomic E-state index is 12.4. The van der Waals surface area contributed by atoms with Crippen LogP contribution in [0.25, 0.3) is 0 Å². The van der Waals surface area contributed by atoms with Gasteiger partial charge in [0.1, 0.15) is 0 Å². The second-order valence-electron chi connectivity index (χ2n) is 7.96. The van der Waals surface area contributed by atoms with Crippen molar-refractivity contribution in [3.05, 3.63) is 52.8 Å². The van der Waals surface area contributed by atoms with Crippen molar-refractivity contribution in [2.24, 2.45) is 0 Å². The van der Waals surface area contributed by atoms with Crippen LogP contribution in [-0.2, 0) is 27.5 Å². The Bertz CT molecular complexity index is 930. The molecule has 1 aliphatic rings. The summed E-state index contributed by atoms with van der Waals surface area (Å²) in [5.41, 5.74) is 4.11. The molecule has 0 spiro atoms. The quantitative estimate of drug-likeness (QED) is 0.731. The molecule has 2 aromatic rings. The molecule has 1 saturated heterocycles. The van der Waals surface area contributed by atoms with E-state index in [1.54, 1.807) is 9.80 Å². The number of nitrogens with one attached hydrogen (secondary N) is 1. The Hall–Kier alpha value is -3.16. The zero-order chi connectivity index (χ0) is 22.4. The van der Waals surface area contributed by atoms with Crippen LogP contribution in [0.3, 0.4) is 0 Å². The van der Waals surface area contributed by atoms with Crippen LogP contribution < -0.4 is 5.32 Å². The van der Waals surface area contributed by atoms with E-state index in [0.29, 0.717) is 39.3 Å². The lowest BCUT2D eigenvalue weighted by Gasteiger charge is -2.34. The molecule has 3 amide bonds. The highest BCUT2D eigenvalue weighted by molar-refractivity contribution is 5.84. The van der Waals surface area contributed by atoms with Gasteiger partial charge in [0.25, 0.3) is 0 Å². The average Bonchev–Trinajstić information content (AvgIpc) is 3.03. The van der Waals surface area contributed by atoms with E-state index in [2.05, 4.69) is 22.5 Å². The minimum absolute atomic E-state index is 0.0316. The SMILES string of the molecule is CC(=O)N1CCN(C(=O)CCC(=O)NCc2c(C)nn(Cc3ccccc3)c2C)CC1. The normalized spacial score (nSPS) is 13.9. The fourth-order valence-corrected chi connectivity index (χ4v) is 3.82. The molecule has 0 radical (unpaired) electrons. The van der Waals surface area contributed by atoms with Crippen LogP contribution in [0, 0.1) is 13.8 Å². The number of nitrogens with zero attached hydrogens (tertiary/aromatic N) is 4. The number of piperazine rings is 1. The molecule has 2 heterocycles. The molecule has 1 aromatic carbocycles. The van der Waals surface area contributed by atoms with Gasteiger partial charge in [0.05, 0.1) is 12.2 Å². The summed E-state index contributed by atoms with van der Waals surface area (Å²) in [6, 6.07) is 10.1. The van der Waals surface area contributed by atoms with Crippen molar-refractivity contribution in [1.82, 2.24) is 24.9 Å². The Labute approximate surface area is 183 Å². The molecule has 0 atom stereocenters. The largest absolute Gasteiger partial charge is 0.352 e. The van der Waals surface area contributed by atoms with Gasteiger partial charge < -0.3 is 15.1 Å². The third-order valence-electron chi connectivity index (χ3n) is 5.81. The first-order chi connectivity index (χ1) is 14.8. The fourth-order valence-electron chi connectivity index (χ4n) is 3.82. The van der Waals surface area contributed by atoms with E-state index in [0.717, 1.165) is 17.0 Å². The number of amides is 3. The molecule has 1 N–H and O–H groups in total. The minimum atomic E-state index is -0.148. The van der Waals surface area contributed by atoms with Gasteiger partial charge in [-0.25, -0.2) is 0 Å². The summed E-state index contributed by atoms with van der Waals surface area (Å²) < 4.78 is 1.95. The Balaban J connectivity index is 1.45. The van der Waals surface area contributed by atoms with Gasteiger partial charge in [0.15, 0.2) is 0 Å². The smallest absolute Gasteiger partial charge is 0.223 e. The van der Waals surface area contributed by atoms with Crippen molar-refractivity contribution < 1.29 is 14.4 Å². The van der Waals surface area contributed by atoms with E-state index in [1.807, 2.05) is 36.7 Å². The van der Waals surface area contributed by atoms with Crippen molar-refractivity contribution in [3.8, 4) is 0 Å². The van der Waals surface area contributed by atoms with Crippen LogP contribution in [0.15, 0.2) is 30.3 Å². The first kappa shape index (κ1) is 22.5. The zero-order valence-electron chi connectivity index (χ0n) is 18.6. The van der Waals surface area contributed by atoms with Crippen molar-refractivity contribution in [3.63, 3.8) is 0 Å². The van der Waals surface area contributed by atoms with Crippen molar-refractivity contribution in [2.45, 2.75) is 46.7 Å². The lowest BCUT2D eigenvalue weighted by atomic mass is 10.1. The number of rotatable bonds is 7. The molecule has 8 heteroatoms. The fraction of sp³-hybridized carbons (Fsp3) is 0.478. The van der Waals surface area contributed by atoms with Crippen LogP contribution in [0.5, 0.6) is 0 Å². The van der Waals surface area contributed by atoms with Gasteiger partial charge in [-0.3, -0.25) is 19.1 Å². The number of hydrogen-bond acceptors (Lipinski definition) is 4. The van der Waals surface area contributed by atoms with E-state index in [1.165, 1.54) is 12.5 Å². The maximum Gasteiger partial charge on any atom is 0.223 e. The first-order valence-electron chi connectivity index (χ1n) is 10.7. The highest BCUT2D eigenvalue weighted by Gasteiger charge is 2.22. The molecule has 0 aliphatic carbocycles. The van der Waals surface area contributed by atoms with Crippen molar-refractivity contribution in [1.29, 1.82) is 0 Å². The van der Waals surface area contributed by atoms with Crippen LogP contribution >= 0.6 is 0 Å². The number of hydrogen-bond donors (Lipinski definition) is 1. The van der Waals surface area contributed by atoms with Crippen LogP contribution in [0.2, 0.25) is 0 Å². The van der Waals surface area contributed by atoms with Gasteiger partial charge >= 0.3 is 0 Å². The molecule has 1 aliphatic heterocycles. The molecule has 8 nitrogen and oxygen atoms in total. The molecular weight excluding hydrogens is 394 g/mol. The molecule has 0 unspecified atom stereocenters. The third-order valence-corrected chi connectivity index (χ3v) is 5.81. The minimum Gasteiger partial charge on any atom is -0.352 e. The van der Waals surface area contributed by atoms with E-state index in [-0.39, 0.29) is 30.6 Å². The number of carbonyl (C=O) groups is 3. The lowest BCUT2D eigenvalue weighted by molar-refractivity contribution is -0.139. The topological polar surface area (TPSA) is 87.5 Å². The van der Waals surface area contributed by atoms with E-state index < -0.39 is 0 Å². The highest BCUT2D eigenvalue weighted by Crippen LogP contribution is 2.15. The predicted molar refractivity (Wildman–Crippen MR) is 117 cm³/mol. The average molecular weight is 426 g/mol. The summed E-state index contributed by atoms with van der Waals surface area (Å²) in [4.78, 5) is 39.5. The summed E-state index contributed by atoms with van der Waals surface area (Å²) in [5, 5.41) is 7.54. The Morgan fingerprint density at radius 1 is 0.968 bits per heavy atom. The van der Waals surface area contributed by atoms with Gasteiger partial charge in [-0.1, -0.05) is 30.3 Å². The third kappa shape index (κ3) is 5.93. The van der Waals surface area contributed by atoms with Gasteiger partial charge in [-0.05, 0) is 19.4 Å². The monoisotopic (exact) mass is 425 g/mol. The Kier molecular flexibility index (Phi) is 7.44. The maximum atomic E-state index is 12.4. The summed E-state index contributed by atoms with van der Waals surface area (Å²) in [6.07, 6.45) is 0.332. The lowest BCUT2D eigenvalue weighted by Crippen LogP contribution is -2.50. The number of carbonyl (C=O) groups excluding carboxylic acids is 3. The molecular formula is C23H31N5O3. The van der Waals surface area contributed by atoms with Gasteiger partial charge in [-0.15, -0.1) is 0 Å². The van der Waals surface area contributed by atoms with E-state index in [4.69, 9.17) is 0 Å². The van der Waals surface area contributed by atoms with Crippen LogP contribution in [0.1, 0.15) is 42.3 Å². The Morgan fingerprint density at radius 3 is 2.26 bits per heavy atom. The second kappa shape index (κ2) is 10.2. The van der Waals surface area contributed by atoms with E-state index >= 15 is 0 Å². The van der Waals surface area contributed by atoms with Gasteiger partial charge in [-0.2, -0.15) is 5.10 Å². The van der Waals surface area contributed by atoms with Crippen LogP contribution in [-0.4, -0.2) is 63.5 Å². The number of benzene rings is 1. The summed E-state index contributed by atoms with van der Waals surface area (Å²) >= 11 is 0. The van der Waals surface area contributed by atoms with Gasteiger partial charge in [0, 0.05) is 63.7 Å². The number of aryl methyl sites for hydroxylation is 1. The highest BCUT2D eigenvalue weighted by atomic mass is 16.2. The number of aromatic nitrogens is 2. The second-order valence-corrected chi connectivity index (χ2v) is 7.96. The molecule has 31 heavy (non-hydrogen) atoms. The van der Waals surface area contributed by atoms with Gasteiger partial charge in [0.2, 0.25) is 17.7 Å². The summed E-state index contributed by atoms with van der Waals surface area (Å²) in [5.74, 6) is -0.157. The predicted octanol–water partition coefficient (Wildman–Crippen LogP) is 1.64. The van der Waals surface area contributed by atoms with E-state index in [9.17, 15) is 14.4 Å². The zero-order valence-corrected chi connectivity index (χ0v) is 18.6. The molecule has 166 valence electrons. The molecule has 1 fully saturated rings. The molecule has 0 bridgehead atoms. The first-order valence-corrected chi connectivity index (χ1v) is 10.7. The molecule has 1 aromatic heterocycles. The standard InChI is InChI=1S/C23H31N5O3/c1-17-21(18(2)28(25-17)16-20-7-5-4-6-8-20)15-24-22(30)9-10-23(31)27-13-11-26(12-14-27)19(3)29/h4-8H,9-16H2,1-3H3,(H,24,30). The summed E-state index contributed by atoms with van der Waals surface area (Å²) in [6.45, 7) is 8.74. The molecule has 3 rings (SSSR count). The van der Waals surface area contributed by atoms with Crippen molar-refractivity contribution in [2.75, 3.05) is 26.2 Å². The Morgan fingerprint density at radius 2 is 1.61 bits per heavy atom. The van der Waals surface area contributed by atoms with Crippen LogP contribution in [0.4, 0.5) is 0 Å². The molecule has 0 saturated carbocycles. The van der Waals surface area contributed by atoms with Crippen molar-refractivity contribution >= 4 is 17.7 Å².